The van der Waals surface area contributed by atoms with Gasteiger partial charge >= 0.3 is 12.0 Å². The minimum Gasteiger partial charge on any atom is -0.455 e. The maximum atomic E-state index is 12.0. The molecule has 2 N–H and O–H groups in total. The highest BCUT2D eigenvalue weighted by atomic mass is 16.5. The Hall–Kier alpha value is -3.15. The number of hydrogen-bond donors (Lipinski definition) is 2. The Kier molecular flexibility index (Phi) is 7.39. The third-order valence-corrected chi connectivity index (χ3v) is 4.97. The standard InChI is InChI=1S/C23H26N2O4/c26-21(25-23(28)24-20-9-5-2-6-10-20)16-29-22(27)15-17-11-13-19(14-12-17)18-7-3-1-4-8-18/h1,3-4,7-8,11-14,20H,2,5-6,9-10,15-16H2,(H2,24,25,26,28). The van der Waals surface area contributed by atoms with Crippen LogP contribution in [0.25, 0.3) is 11.1 Å². The van der Waals surface area contributed by atoms with Gasteiger partial charge in [-0.2, -0.15) is 0 Å². The third-order valence-electron chi connectivity index (χ3n) is 4.97. The first-order valence-electron chi connectivity index (χ1n) is 10.0. The molecule has 0 radical (unpaired) electrons. The van der Waals surface area contributed by atoms with Crippen LogP contribution in [0.5, 0.6) is 0 Å². The van der Waals surface area contributed by atoms with Gasteiger partial charge in [0.1, 0.15) is 0 Å². The molecular weight excluding hydrogens is 368 g/mol. The van der Waals surface area contributed by atoms with Crippen molar-refractivity contribution in [2.75, 3.05) is 6.61 Å². The Morgan fingerprint density at radius 2 is 1.52 bits per heavy atom. The van der Waals surface area contributed by atoms with Gasteiger partial charge in [0.25, 0.3) is 5.91 Å². The molecule has 0 unspecified atom stereocenters. The van der Waals surface area contributed by atoms with Crippen molar-refractivity contribution in [3.63, 3.8) is 0 Å². The maximum Gasteiger partial charge on any atom is 0.321 e. The SMILES string of the molecule is O=C(COC(=O)Cc1ccc(-c2ccccc2)cc1)NC(=O)NC1CCCCC1. The molecule has 2 aromatic carbocycles. The molecule has 1 saturated carbocycles. The number of amides is 3. The van der Waals surface area contributed by atoms with Crippen molar-refractivity contribution < 1.29 is 19.1 Å². The van der Waals surface area contributed by atoms with E-state index >= 15 is 0 Å². The lowest BCUT2D eigenvalue weighted by molar-refractivity contribution is -0.147. The first-order chi connectivity index (χ1) is 14.1. The van der Waals surface area contributed by atoms with E-state index in [1.54, 1.807) is 0 Å². The molecule has 2 aromatic rings. The summed E-state index contributed by atoms with van der Waals surface area (Å²) < 4.78 is 4.98. The average molecular weight is 394 g/mol. The van der Waals surface area contributed by atoms with Crippen LogP contribution in [-0.2, 0) is 20.7 Å². The Morgan fingerprint density at radius 1 is 0.862 bits per heavy atom. The molecule has 0 bridgehead atoms. The highest BCUT2D eigenvalue weighted by molar-refractivity contribution is 5.95. The molecule has 0 aliphatic heterocycles. The number of nitrogens with one attached hydrogen (secondary N) is 2. The van der Waals surface area contributed by atoms with Gasteiger partial charge < -0.3 is 10.1 Å². The summed E-state index contributed by atoms with van der Waals surface area (Å²) in [6.07, 6.45) is 5.28. The molecule has 1 fully saturated rings. The molecule has 0 atom stereocenters. The van der Waals surface area contributed by atoms with Crippen LogP contribution in [0, 0.1) is 0 Å². The first kappa shape index (κ1) is 20.6. The van der Waals surface area contributed by atoms with Gasteiger partial charge in [-0.15, -0.1) is 0 Å². The molecule has 0 heterocycles. The number of carbonyl (C=O) groups excluding carboxylic acids is 3. The molecule has 0 saturated heterocycles. The lowest BCUT2D eigenvalue weighted by Gasteiger charge is -2.22. The fraction of sp³-hybridized carbons (Fsp3) is 0.348. The number of imide groups is 1. The van der Waals surface area contributed by atoms with E-state index in [1.165, 1.54) is 6.42 Å². The van der Waals surface area contributed by atoms with Gasteiger partial charge in [0.2, 0.25) is 0 Å². The monoisotopic (exact) mass is 394 g/mol. The lowest BCUT2D eigenvalue weighted by Crippen LogP contribution is -2.46. The first-order valence-corrected chi connectivity index (χ1v) is 10.0. The Bertz CT molecular complexity index is 828. The molecule has 0 spiro atoms. The van der Waals surface area contributed by atoms with Crippen LogP contribution in [-0.4, -0.2) is 30.6 Å². The molecule has 1 aliphatic rings. The summed E-state index contributed by atoms with van der Waals surface area (Å²) >= 11 is 0. The third kappa shape index (κ3) is 6.75. The molecular formula is C23H26N2O4. The minimum absolute atomic E-state index is 0.0661. The fourth-order valence-electron chi connectivity index (χ4n) is 3.44. The summed E-state index contributed by atoms with van der Waals surface area (Å²) in [6.45, 7) is -0.473. The molecule has 152 valence electrons. The second-order valence-corrected chi connectivity index (χ2v) is 7.26. The van der Waals surface area contributed by atoms with Crippen LogP contribution in [0.15, 0.2) is 54.6 Å². The van der Waals surface area contributed by atoms with Crippen molar-refractivity contribution in [3.8, 4) is 11.1 Å². The summed E-state index contributed by atoms with van der Waals surface area (Å²) in [5.41, 5.74) is 2.96. The van der Waals surface area contributed by atoms with Gasteiger partial charge in [0.15, 0.2) is 6.61 Å². The van der Waals surface area contributed by atoms with E-state index in [1.807, 2.05) is 54.6 Å². The molecule has 0 aromatic heterocycles. The highest BCUT2D eigenvalue weighted by Gasteiger charge is 2.17. The number of hydrogen-bond acceptors (Lipinski definition) is 4. The van der Waals surface area contributed by atoms with Gasteiger partial charge in [-0.1, -0.05) is 73.9 Å². The topological polar surface area (TPSA) is 84.5 Å². The minimum atomic E-state index is -0.633. The van der Waals surface area contributed by atoms with Crippen LogP contribution in [0.4, 0.5) is 4.79 Å². The predicted octanol–water partition coefficient (Wildman–Crippen LogP) is 3.60. The van der Waals surface area contributed by atoms with Crippen molar-refractivity contribution in [2.24, 2.45) is 0 Å². The average Bonchev–Trinajstić information content (AvgIpc) is 2.74. The second-order valence-electron chi connectivity index (χ2n) is 7.26. The van der Waals surface area contributed by atoms with Crippen LogP contribution < -0.4 is 10.6 Å². The zero-order chi connectivity index (χ0) is 20.5. The van der Waals surface area contributed by atoms with Crippen molar-refractivity contribution in [1.29, 1.82) is 0 Å². The number of benzene rings is 2. The van der Waals surface area contributed by atoms with Gasteiger partial charge in [-0.25, -0.2) is 4.79 Å². The summed E-state index contributed by atoms with van der Waals surface area (Å²) in [7, 11) is 0. The number of carbonyl (C=O) groups is 3. The van der Waals surface area contributed by atoms with Crippen molar-refractivity contribution in [1.82, 2.24) is 10.6 Å². The number of urea groups is 1. The van der Waals surface area contributed by atoms with Crippen molar-refractivity contribution in [2.45, 2.75) is 44.6 Å². The largest absolute Gasteiger partial charge is 0.455 e. The number of esters is 1. The molecule has 6 nitrogen and oxygen atoms in total. The zero-order valence-electron chi connectivity index (χ0n) is 16.4. The lowest BCUT2D eigenvalue weighted by atomic mass is 9.96. The molecule has 1 aliphatic carbocycles. The fourth-order valence-corrected chi connectivity index (χ4v) is 3.44. The van der Waals surface area contributed by atoms with E-state index < -0.39 is 24.5 Å². The van der Waals surface area contributed by atoms with Crippen LogP contribution in [0.3, 0.4) is 0 Å². The number of ether oxygens (including phenoxy) is 1. The quantitative estimate of drug-likeness (QED) is 0.733. The Labute approximate surface area is 170 Å². The molecule has 3 amide bonds. The molecule has 6 heteroatoms. The zero-order valence-corrected chi connectivity index (χ0v) is 16.4. The van der Waals surface area contributed by atoms with E-state index in [4.69, 9.17) is 4.74 Å². The summed E-state index contributed by atoms with van der Waals surface area (Å²) in [5.74, 6) is -1.15. The number of rotatable bonds is 6. The summed E-state index contributed by atoms with van der Waals surface area (Å²) in [5, 5.41) is 4.99. The van der Waals surface area contributed by atoms with Gasteiger partial charge in [-0.05, 0) is 29.5 Å². The molecule has 29 heavy (non-hydrogen) atoms. The van der Waals surface area contributed by atoms with E-state index in [-0.39, 0.29) is 12.5 Å². The smallest absolute Gasteiger partial charge is 0.321 e. The van der Waals surface area contributed by atoms with E-state index in [0.29, 0.717) is 0 Å². The van der Waals surface area contributed by atoms with Crippen molar-refractivity contribution >= 4 is 17.9 Å². The van der Waals surface area contributed by atoms with Crippen LogP contribution in [0.1, 0.15) is 37.7 Å². The molecule has 3 rings (SSSR count). The van der Waals surface area contributed by atoms with Gasteiger partial charge in [0.05, 0.1) is 6.42 Å². The maximum absolute atomic E-state index is 12.0. The van der Waals surface area contributed by atoms with Gasteiger partial charge in [-0.3, -0.25) is 14.9 Å². The Balaban J connectivity index is 1.39. The van der Waals surface area contributed by atoms with E-state index in [2.05, 4.69) is 10.6 Å². The predicted molar refractivity (Wildman–Crippen MR) is 110 cm³/mol. The van der Waals surface area contributed by atoms with Crippen LogP contribution >= 0.6 is 0 Å². The second kappa shape index (κ2) is 10.4. The normalized spacial score (nSPS) is 14.1. The summed E-state index contributed by atoms with van der Waals surface area (Å²) in [6, 6.07) is 17.1. The van der Waals surface area contributed by atoms with Crippen LogP contribution in [0.2, 0.25) is 0 Å². The van der Waals surface area contributed by atoms with Gasteiger partial charge in [0, 0.05) is 6.04 Å². The summed E-state index contributed by atoms with van der Waals surface area (Å²) in [4.78, 5) is 35.6. The highest BCUT2D eigenvalue weighted by Crippen LogP contribution is 2.19. The van der Waals surface area contributed by atoms with E-state index in [0.717, 1.165) is 42.4 Å². The Morgan fingerprint density at radius 3 is 2.21 bits per heavy atom. The van der Waals surface area contributed by atoms with Crippen molar-refractivity contribution in [3.05, 3.63) is 60.2 Å². The van der Waals surface area contributed by atoms with E-state index in [9.17, 15) is 14.4 Å².